The lowest BCUT2D eigenvalue weighted by molar-refractivity contribution is -0.137. The van der Waals surface area contributed by atoms with Gasteiger partial charge in [-0.1, -0.05) is 35.9 Å². The highest BCUT2D eigenvalue weighted by Crippen LogP contribution is 2.30. The maximum absolute atomic E-state index is 12.8. The Morgan fingerprint density at radius 2 is 1.90 bits per heavy atom. The van der Waals surface area contributed by atoms with Gasteiger partial charge in [-0.25, -0.2) is 0 Å². The number of halogens is 3. The Labute approximate surface area is 166 Å². The highest BCUT2D eigenvalue weighted by atomic mass is 19.4. The van der Waals surface area contributed by atoms with Crippen LogP contribution in [0.25, 0.3) is 6.08 Å². The summed E-state index contributed by atoms with van der Waals surface area (Å²) in [6.45, 7) is 2.33. The maximum Gasteiger partial charge on any atom is 0.416 e. The molecule has 1 unspecified atom stereocenters. The van der Waals surface area contributed by atoms with Crippen LogP contribution in [0.5, 0.6) is 0 Å². The zero-order valence-electron chi connectivity index (χ0n) is 15.8. The lowest BCUT2D eigenvalue weighted by atomic mass is 9.98. The van der Waals surface area contributed by atoms with Crippen LogP contribution in [0.4, 0.5) is 18.9 Å². The molecule has 0 saturated carbocycles. The van der Waals surface area contributed by atoms with Crippen molar-refractivity contribution in [2.24, 2.45) is 5.92 Å². The summed E-state index contributed by atoms with van der Waals surface area (Å²) < 4.78 is 38.4. The van der Waals surface area contributed by atoms with E-state index in [4.69, 9.17) is 0 Å². The second-order valence-electron chi connectivity index (χ2n) is 7.18. The third kappa shape index (κ3) is 5.70. The minimum absolute atomic E-state index is 0.221. The Bertz CT molecular complexity index is 934. The van der Waals surface area contributed by atoms with Crippen LogP contribution in [-0.2, 0) is 22.2 Å². The van der Waals surface area contributed by atoms with E-state index in [2.05, 4.69) is 10.6 Å². The minimum atomic E-state index is -4.36. The van der Waals surface area contributed by atoms with E-state index in [0.29, 0.717) is 18.5 Å². The third-order valence-corrected chi connectivity index (χ3v) is 4.70. The molecule has 1 atom stereocenters. The summed E-state index contributed by atoms with van der Waals surface area (Å²) in [5, 5.41) is 5.53. The molecule has 2 amide bonds. The molecule has 0 spiro atoms. The molecule has 2 N–H and O–H groups in total. The molecule has 0 radical (unpaired) electrons. The average Bonchev–Trinajstić information content (AvgIpc) is 2.97. The number of rotatable bonds is 6. The van der Waals surface area contributed by atoms with E-state index < -0.39 is 11.7 Å². The number of carbonyl (C=O) groups excluding carboxylic acids is 2. The van der Waals surface area contributed by atoms with Crippen molar-refractivity contribution in [1.29, 1.82) is 0 Å². The second-order valence-corrected chi connectivity index (χ2v) is 7.18. The Hall–Kier alpha value is -3.09. The number of nitrogens with one attached hydrogen (secondary N) is 2. The molecule has 1 saturated heterocycles. The number of imide groups is 1. The average molecular weight is 402 g/mol. The van der Waals surface area contributed by atoms with Gasteiger partial charge in [0.25, 0.3) is 0 Å². The van der Waals surface area contributed by atoms with Crippen LogP contribution in [0.2, 0.25) is 0 Å². The van der Waals surface area contributed by atoms with Crippen LogP contribution in [0, 0.1) is 5.92 Å². The summed E-state index contributed by atoms with van der Waals surface area (Å²) in [5.41, 5.74) is 2.53. The SMILES string of the molecule is C/C(=C\c1cccc(C(F)(F)F)c1)CNc1ccc(CC2CC(=O)NC2=O)cc1. The quantitative estimate of drug-likeness (QED) is 0.703. The summed E-state index contributed by atoms with van der Waals surface area (Å²) in [6.07, 6.45) is -1.92. The Morgan fingerprint density at radius 1 is 1.17 bits per heavy atom. The first-order valence-corrected chi connectivity index (χ1v) is 9.21. The molecule has 2 aromatic carbocycles. The zero-order valence-corrected chi connectivity index (χ0v) is 15.8. The van der Waals surface area contributed by atoms with Crippen molar-refractivity contribution in [3.63, 3.8) is 0 Å². The first kappa shape index (κ1) is 20.6. The third-order valence-electron chi connectivity index (χ3n) is 4.70. The van der Waals surface area contributed by atoms with Crippen LogP contribution >= 0.6 is 0 Å². The first-order chi connectivity index (χ1) is 13.7. The van der Waals surface area contributed by atoms with Crippen molar-refractivity contribution in [3.05, 3.63) is 70.8 Å². The number of benzene rings is 2. The predicted octanol–water partition coefficient (Wildman–Crippen LogP) is 4.43. The maximum atomic E-state index is 12.8. The largest absolute Gasteiger partial charge is 0.416 e. The monoisotopic (exact) mass is 402 g/mol. The number of alkyl halides is 3. The number of hydrogen-bond donors (Lipinski definition) is 2. The van der Waals surface area contributed by atoms with E-state index in [0.717, 1.165) is 29.0 Å². The van der Waals surface area contributed by atoms with Gasteiger partial charge in [0.2, 0.25) is 11.8 Å². The van der Waals surface area contributed by atoms with Crippen LogP contribution in [0.15, 0.2) is 54.1 Å². The fourth-order valence-corrected chi connectivity index (χ4v) is 3.20. The molecule has 3 rings (SSSR count). The van der Waals surface area contributed by atoms with Crippen LogP contribution < -0.4 is 10.6 Å². The number of amides is 2. The molecule has 4 nitrogen and oxygen atoms in total. The van der Waals surface area contributed by atoms with Gasteiger partial charge in [0, 0.05) is 18.7 Å². The fourth-order valence-electron chi connectivity index (χ4n) is 3.20. The summed E-state index contributed by atoms with van der Waals surface area (Å²) in [5.74, 6) is -0.784. The van der Waals surface area contributed by atoms with E-state index in [1.54, 1.807) is 12.1 Å². The lowest BCUT2D eigenvalue weighted by Gasteiger charge is -2.10. The van der Waals surface area contributed by atoms with Crippen molar-refractivity contribution >= 4 is 23.6 Å². The molecule has 7 heteroatoms. The standard InChI is InChI=1S/C22H21F3N2O2/c1-14(9-16-3-2-4-18(11-16)22(23,24)25)13-26-19-7-5-15(6-8-19)10-17-12-20(28)27-21(17)29/h2-9,11,17,26H,10,12-13H2,1H3,(H,27,28,29)/b14-9+. The number of hydrogen-bond acceptors (Lipinski definition) is 3. The van der Waals surface area contributed by atoms with Crippen LogP contribution in [-0.4, -0.2) is 18.4 Å². The van der Waals surface area contributed by atoms with Crippen LogP contribution in [0.1, 0.15) is 30.0 Å². The predicted molar refractivity (Wildman–Crippen MR) is 105 cm³/mol. The normalized spacial score (nSPS) is 17.4. The van der Waals surface area contributed by atoms with Crippen LogP contribution in [0.3, 0.4) is 0 Å². The van der Waals surface area contributed by atoms with Crippen molar-refractivity contribution in [2.45, 2.75) is 25.9 Å². The molecule has 1 heterocycles. The van der Waals surface area contributed by atoms with Gasteiger partial charge in [0.05, 0.1) is 11.5 Å². The number of carbonyl (C=O) groups is 2. The molecule has 1 aliphatic heterocycles. The van der Waals surface area contributed by atoms with Gasteiger partial charge in [-0.2, -0.15) is 13.2 Å². The molecule has 0 aliphatic carbocycles. The van der Waals surface area contributed by atoms with E-state index in [-0.39, 0.29) is 24.2 Å². The van der Waals surface area contributed by atoms with Crippen molar-refractivity contribution in [1.82, 2.24) is 5.32 Å². The molecular formula is C22H21F3N2O2. The smallest absolute Gasteiger partial charge is 0.381 e. The summed E-state index contributed by atoms with van der Waals surface area (Å²) in [7, 11) is 0. The first-order valence-electron chi connectivity index (χ1n) is 9.21. The van der Waals surface area contributed by atoms with E-state index in [1.165, 1.54) is 6.07 Å². The highest BCUT2D eigenvalue weighted by Gasteiger charge is 2.31. The molecule has 0 aromatic heterocycles. The summed E-state index contributed by atoms with van der Waals surface area (Å²) >= 11 is 0. The van der Waals surface area contributed by atoms with Gasteiger partial charge in [-0.15, -0.1) is 0 Å². The van der Waals surface area contributed by atoms with E-state index >= 15 is 0 Å². The molecule has 0 bridgehead atoms. The zero-order chi connectivity index (χ0) is 21.0. The van der Waals surface area contributed by atoms with Gasteiger partial charge in [0.1, 0.15) is 0 Å². The Balaban J connectivity index is 1.56. The van der Waals surface area contributed by atoms with Gasteiger partial charge in [0.15, 0.2) is 0 Å². The summed E-state index contributed by atoms with van der Waals surface area (Å²) in [6, 6.07) is 12.8. The van der Waals surface area contributed by atoms with Crippen molar-refractivity contribution < 1.29 is 22.8 Å². The molecule has 1 fully saturated rings. The molecule has 1 aliphatic rings. The molecule has 2 aromatic rings. The summed E-state index contributed by atoms with van der Waals surface area (Å²) in [4.78, 5) is 22.9. The van der Waals surface area contributed by atoms with E-state index in [1.807, 2.05) is 31.2 Å². The minimum Gasteiger partial charge on any atom is -0.381 e. The van der Waals surface area contributed by atoms with Gasteiger partial charge in [-0.05, 0) is 48.7 Å². The molecular weight excluding hydrogens is 381 g/mol. The van der Waals surface area contributed by atoms with Crippen molar-refractivity contribution in [2.75, 3.05) is 11.9 Å². The Morgan fingerprint density at radius 3 is 2.52 bits per heavy atom. The van der Waals surface area contributed by atoms with Gasteiger partial charge in [-0.3, -0.25) is 14.9 Å². The second kappa shape index (κ2) is 8.51. The molecule has 152 valence electrons. The Kier molecular flexibility index (Phi) is 6.06. The van der Waals surface area contributed by atoms with Crippen molar-refractivity contribution in [3.8, 4) is 0 Å². The topological polar surface area (TPSA) is 58.2 Å². The highest BCUT2D eigenvalue weighted by molar-refractivity contribution is 6.03. The van der Waals surface area contributed by atoms with Gasteiger partial charge < -0.3 is 5.32 Å². The lowest BCUT2D eigenvalue weighted by Crippen LogP contribution is -2.22. The number of anilines is 1. The van der Waals surface area contributed by atoms with E-state index in [9.17, 15) is 22.8 Å². The molecule has 29 heavy (non-hydrogen) atoms. The van der Waals surface area contributed by atoms with Gasteiger partial charge >= 0.3 is 6.18 Å². The fraction of sp³-hybridized carbons (Fsp3) is 0.273.